The summed E-state index contributed by atoms with van der Waals surface area (Å²) in [6.45, 7) is 0. The number of nitrogens with zero attached hydrogens (tertiary/aromatic N) is 1. The van der Waals surface area contributed by atoms with Crippen LogP contribution in [0.25, 0.3) is 0 Å². The third-order valence-electron chi connectivity index (χ3n) is 2.10. The summed E-state index contributed by atoms with van der Waals surface area (Å²) in [6.07, 6.45) is 6.56. The van der Waals surface area contributed by atoms with Crippen LogP contribution in [0.4, 0.5) is 0 Å². The van der Waals surface area contributed by atoms with Crippen molar-refractivity contribution >= 4 is 0 Å². The summed E-state index contributed by atoms with van der Waals surface area (Å²) in [5.74, 6) is 0.296. The summed E-state index contributed by atoms with van der Waals surface area (Å²) in [6, 6.07) is 2.08. The minimum absolute atomic E-state index is 0.296. The van der Waals surface area contributed by atoms with Crippen molar-refractivity contribution in [3.8, 4) is 6.07 Å². The molecule has 0 saturated carbocycles. The molecule has 60 valence electrons. The van der Waals surface area contributed by atoms with Gasteiger partial charge in [-0.25, -0.2) is 0 Å². The number of nitrogens with one attached hydrogen (secondary N) is 1. The summed E-state index contributed by atoms with van der Waals surface area (Å²) in [7, 11) is 0. The van der Waals surface area contributed by atoms with E-state index in [2.05, 4.69) is 11.4 Å². The molecule has 0 spiro atoms. The van der Waals surface area contributed by atoms with Crippen molar-refractivity contribution < 1.29 is 0 Å². The van der Waals surface area contributed by atoms with Gasteiger partial charge < -0.3 is 11.1 Å². The minimum atomic E-state index is 0.296. The standard InChI is InChI=1S/C9H9N3/c10-5-8-4-6-3-7(11)1-2-9(6)12-8/h1-2,4,6,12H,3,11H2. The van der Waals surface area contributed by atoms with Crippen molar-refractivity contribution in [2.75, 3.05) is 0 Å². The summed E-state index contributed by atoms with van der Waals surface area (Å²) < 4.78 is 0. The molecule has 1 unspecified atom stereocenters. The molecular formula is C9H9N3. The second-order valence-electron chi connectivity index (χ2n) is 2.99. The van der Waals surface area contributed by atoms with Crippen LogP contribution in [-0.2, 0) is 0 Å². The summed E-state index contributed by atoms with van der Waals surface area (Å²) >= 11 is 0. The van der Waals surface area contributed by atoms with E-state index in [-0.39, 0.29) is 0 Å². The monoisotopic (exact) mass is 159 g/mol. The quantitative estimate of drug-likeness (QED) is 0.548. The van der Waals surface area contributed by atoms with Crippen molar-refractivity contribution in [3.63, 3.8) is 0 Å². The molecule has 0 bridgehead atoms. The highest BCUT2D eigenvalue weighted by Gasteiger charge is 2.22. The van der Waals surface area contributed by atoms with Crippen LogP contribution in [0.5, 0.6) is 0 Å². The van der Waals surface area contributed by atoms with Crippen molar-refractivity contribution in [1.82, 2.24) is 5.32 Å². The maximum atomic E-state index is 8.62. The molecule has 0 amide bonds. The molecule has 2 aliphatic rings. The van der Waals surface area contributed by atoms with Crippen LogP contribution in [-0.4, -0.2) is 0 Å². The Kier molecular flexibility index (Phi) is 1.41. The fourth-order valence-corrected chi connectivity index (χ4v) is 1.50. The van der Waals surface area contributed by atoms with Crippen LogP contribution in [0, 0.1) is 17.2 Å². The van der Waals surface area contributed by atoms with Gasteiger partial charge in [-0.2, -0.15) is 5.26 Å². The van der Waals surface area contributed by atoms with Crippen molar-refractivity contribution in [1.29, 1.82) is 5.26 Å². The molecule has 2 rings (SSSR count). The van der Waals surface area contributed by atoms with Gasteiger partial charge in [0.15, 0.2) is 0 Å². The van der Waals surface area contributed by atoms with Gasteiger partial charge in [0.1, 0.15) is 11.8 Å². The number of rotatable bonds is 0. The van der Waals surface area contributed by atoms with Gasteiger partial charge in [-0.1, -0.05) is 0 Å². The van der Waals surface area contributed by atoms with Gasteiger partial charge in [0.2, 0.25) is 0 Å². The normalized spacial score (nSPS) is 25.9. The average molecular weight is 159 g/mol. The van der Waals surface area contributed by atoms with Crippen molar-refractivity contribution in [2.45, 2.75) is 6.42 Å². The van der Waals surface area contributed by atoms with E-state index < -0.39 is 0 Å². The molecule has 1 atom stereocenters. The zero-order valence-electron chi connectivity index (χ0n) is 6.54. The third kappa shape index (κ3) is 0.978. The predicted octanol–water partition coefficient (Wildman–Crippen LogP) is 0.743. The Morgan fingerprint density at radius 2 is 2.42 bits per heavy atom. The van der Waals surface area contributed by atoms with Crippen LogP contribution in [0.1, 0.15) is 6.42 Å². The average Bonchev–Trinajstić information content (AvgIpc) is 2.46. The van der Waals surface area contributed by atoms with E-state index >= 15 is 0 Å². The van der Waals surface area contributed by atoms with E-state index in [4.69, 9.17) is 11.0 Å². The lowest BCUT2D eigenvalue weighted by molar-refractivity contribution is 0.719. The number of allylic oxidation sites excluding steroid dienone is 5. The maximum Gasteiger partial charge on any atom is 0.117 e. The zero-order chi connectivity index (χ0) is 8.55. The molecule has 0 fully saturated rings. The topological polar surface area (TPSA) is 61.8 Å². The lowest BCUT2D eigenvalue weighted by atomic mass is 9.97. The summed E-state index contributed by atoms with van der Waals surface area (Å²) in [5.41, 5.74) is 8.25. The largest absolute Gasteiger partial charge is 0.402 e. The maximum absolute atomic E-state index is 8.62. The first-order valence-corrected chi connectivity index (χ1v) is 3.85. The Labute approximate surface area is 70.9 Å². The number of hydrogen-bond donors (Lipinski definition) is 2. The lowest BCUT2D eigenvalue weighted by Crippen LogP contribution is -2.14. The number of fused-ring (bicyclic) bond motifs is 1. The lowest BCUT2D eigenvalue weighted by Gasteiger charge is -2.14. The molecule has 1 aliphatic heterocycles. The van der Waals surface area contributed by atoms with Gasteiger partial charge in [-0.05, 0) is 24.6 Å². The Bertz CT molecular complexity index is 341. The van der Waals surface area contributed by atoms with E-state index in [0.717, 1.165) is 17.8 Å². The van der Waals surface area contributed by atoms with Crippen LogP contribution >= 0.6 is 0 Å². The highest BCUT2D eigenvalue weighted by atomic mass is 14.9. The SMILES string of the molecule is N#CC1=CC2CC(N)=CC=C2N1. The number of nitrogens with two attached hydrogens (primary N) is 1. The van der Waals surface area contributed by atoms with Crippen LogP contribution in [0.2, 0.25) is 0 Å². The molecule has 0 aromatic heterocycles. The first-order valence-electron chi connectivity index (χ1n) is 3.85. The van der Waals surface area contributed by atoms with Gasteiger partial charge in [-0.15, -0.1) is 0 Å². The molecule has 0 saturated heterocycles. The fourth-order valence-electron chi connectivity index (χ4n) is 1.50. The number of hydrogen-bond acceptors (Lipinski definition) is 3. The first kappa shape index (κ1) is 6.99. The van der Waals surface area contributed by atoms with E-state index in [1.807, 2.05) is 18.2 Å². The third-order valence-corrected chi connectivity index (χ3v) is 2.10. The van der Waals surface area contributed by atoms with Gasteiger partial charge in [0, 0.05) is 17.3 Å². The highest BCUT2D eigenvalue weighted by molar-refractivity contribution is 5.39. The van der Waals surface area contributed by atoms with E-state index in [9.17, 15) is 0 Å². The smallest absolute Gasteiger partial charge is 0.117 e. The second kappa shape index (κ2) is 2.42. The van der Waals surface area contributed by atoms with Crippen LogP contribution in [0.3, 0.4) is 0 Å². The first-order chi connectivity index (χ1) is 5.79. The Morgan fingerprint density at radius 1 is 1.58 bits per heavy atom. The molecule has 12 heavy (non-hydrogen) atoms. The van der Waals surface area contributed by atoms with Gasteiger partial charge in [0.05, 0.1) is 0 Å². The predicted molar refractivity (Wildman–Crippen MR) is 45.3 cm³/mol. The van der Waals surface area contributed by atoms with Crippen molar-refractivity contribution in [2.24, 2.45) is 11.7 Å². The van der Waals surface area contributed by atoms with Crippen LogP contribution < -0.4 is 11.1 Å². The van der Waals surface area contributed by atoms with E-state index in [1.54, 1.807) is 0 Å². The van der Waals surface area contributed by atoms with Gasteiger partial charge in [-0.3, -0.25) is 0 Å². The second-order valence-corrected chi connectivity index (χ2v) is 2.99. The Hall–Kier alpha value is -1.69. The molecule has 0 radical (unpaired) electrons. The van der Waals surface area contributed by atoms with Crippen LogP contribution in [0.15, 0.2) is 35.3 Å². The highest BCUT2D eigenvalue weighted by Crippen LogP contribution is 2.28. The summed E-state index contributed by atoms with van der Waals surface area (Å²) in [4.78, 5) is 0. The molecular weight excluding hydrogens is 150 g/mol. The molecule has 1 aliphatic carbocycles. The molecule has 3 heteroatoms. The van der Waals surface area contributed by atoms with Crippen molar-refractivity contribution in [3.05, 3.63) is 35.3 Å². The molecule has 3 N–H and O–H groups in total. The van der Waals surface area contributed by atoms with Gasteiger partial charge in [0.25, 0.3) is 0 Å². The zero-order valence-corrected chi connectivity index (χ0v) is 6.54. The molecule has 0 aromatic carbocycles. The van der Waals surface area contributed by atoms with E-state index in [0.29, 0.717) is 11.6 Å². The van der Waals surface area contributed by atoms with E-state index in [1.165, 1.54) is 0 Å². The molecule has 1 heterocycles. The minimum Gasteiger partial charge on any atom is -0.402 e. The fraction of sp³-hybridized carbons (Fsp3) is 0.222. The van der Waals surface area contributed by atoms with Gasteiger partial charge >= 0.3 is 0 Å². The Balaban J connectivity index is 2.27. The summed E-state index contributed by atoms with van der Waals surface area (Å²) in [5, 5.41) is 11.6. The number of nitriles is 1. The Morgan fingerprint density at radius 3 is 3.17 bits per heavy atom. The molecule has 0 aromatic rings. The molecule has 3 nitrogen and oxygen atoms in total.